The number of hydrogen-bond acceptors (Lipinski definition) is 11. The number of hydrogen-bond donors (Lipinski definition) is 2. The summed E-state index contributed by atoms with van der Waals surface area (Å²) in [5.41, 5.74) is 3.53. The van der Waals surface area contributed by atoms with Crippen LogP contribution >= 0.6 is 23.1 Å². The Hall–Kier alpha value is -4.14. The number of aliphatic hydroxyl groups excluding tert-OH is 1. The van der Waals surface area contributed by atoms with Gasteiger partial charge in [0.05, 0.1) is 30.9 Å². The van der Waals surface area contributed by atoms with E-state index in [9.17, 15) is 19.5 Å². The Labute approximate surface area is 280 Å². The Morgan fingerprint density at radius 3 is 2.53 bits per heavy atom. The molecule has 0 bridgehead atoms. The van der Waals surface area contributed by atoms with Gasteiger partial charge in [-0.05, 0) is 35.7 Å². The number of aryl methyl sites for hydroxylation is 1. The molecule has 0 spiro atoms. The molecular weight excluding hydrogens is 641 g/mol. The lowest BCUT2D eigenvalue weighted by atomic mass is 9.91. The Morgan fingerprint density at radius 1 is 1.02 bits per heavy atom. The van der Waals surface area contributed by atoms with Crippen LogP contribution in [0.1, 0.15) is 53.0 Å². The van der Waals surface area contributed by atoms with Crippen LogP contribution in [0.4, 0.5) is 10.5 Å². The highest BCUT2D eigenvalue weighted by atomic mass is 32.2. The minimum atomic E-state index is -1.05. The third kappa shape index (κ3) is 7.71. The minimum Gasteiger partial charge on any atom is -0.445 e. The van der Waals surface area contributed by atoms with Crippen molar-refractivity contribution in [1.29, 1.82) is 0 Å². The Bertz CT molecular complexity index is 1720. The molecule has 3 aromatic carbocycles. The van der Waals surface area contributed by atoms with Crippen molar-refractivity contribution in [1.82, 2.24) is 15.5 Å². The van der Waals surface area contributed by atoms with Gasteiger partial charge in [-0.2, -0.15) is 0 Å². The van der Waals surface area contributed by atoms with Crippen molar-refractivity contribution in [3.8, 4) is 0 Å². The molecule has 2 saturated heterocycles. The number of imide groups is 1. The SMILES string of the molecule is Cc1nnc(SCC2OC(c3cccc(N4C(=O)CC(NC(=O)OCc5ccccc5)C4=O)c3)OC(c3ccc(CO)cc3)C2C)s1. The molecular formula is C34H34N4O7S2. The first-order valence-corrected chi connectivity index (χ1v) is 17.0. The number of alkyl carbamates (subject to hydrolysis) is 1. The monoisotopic (exact) mass is 674 g/mol. The number of benzene rings is 3. The van der Waals surface area contributed by atoms with Crippen molar-refractivity contribution in [3.63, 3.8) is 0 Å². The number of aliphatic hydroxyl groups is 1. The summed E-state index contributed by atoms with van der Waals surface area (Å²) < 4.78 is 19.2. The standard InChI is InChI=1S/C34H34N4O7S2/c1-20-28(19-46-34-37-36-21(2)47-34)44-32(45-30(20)24-13-11-22(17-39)12-14-24)25-9-6-10-26(15-25)38-29(40)16-27(31(38)41)35-33(42)43-18-23-7-4-3-5-8-23/h3-15,20,27-28,30,32,39H,16-19H2,1-2H3,(H,35,42). The smallest absolute Gasteiger partial charge is 0.408 e. The summed E-state index contributed by atoms with van der Waals surface area (Å²) in [6.07, 6.45) is -2.34. The second-order valence-electron chi connectivity index (χ2n) is 11.3. The van der Waals surface area contributed by atoms with Gasteiger partial charge in [0.25, 0.3) is 5.91 Å². The number of amides is 3. The largest absolute Gasteiger partial charge is 0.445 e. The molecule has 2 aliphatic rings. The van der Waals surface area contributed by atoms with Crippen LogP contribution in [-0.2, 0) is 37.0 Å². The van der Waals surface area contributed by atoms with E-state index in [1.165, 1.54) is 11.3 Å². The maximum absolute atomic E-state index is 13.4. The van der Waals surface area contributed by atoms with E-state index in [1.54, 1.807) is 30.0 Å². The summed E-state index contributed by atoms with van der Waals surface area (Å²) in [5.74, 6) is -0.419. The quantitative estimate of drug-likeness (QED) is 0.164. The van der Waals surface area contributed by atoms with E-state index < -0.39 is 30.2 Å². The highest BCUT2D eigenvalue weighted by Crippen LogP contribution is 2.43. The van der Waals surface area contributed by atoms with Gasteiger partial charge in [0.15, 0.2) is 10.6 Å². The van der Waals surface area contributed by atoms with E-state index in [1.807, 2.05) is 67.6 Å². The molecule has 47 heavy (non-hydrogen) atoms. The van der Waals surface area contributed by atoms with E-state index in [2.05, 4.69) is 22.4 Å². The summed E-state index contributed by atoms with van der Waals surface area (Å²) in [7, 11) is 0. The highest BCUT2D eigenvalue weighted by molar-refractivity contribution is 8.01. The fraction of sp³-hybridized carbons (Fsp3) is 0.324. The molecule has 5 unspecified atom stereocenters. The summed E-state index contributed by atoms with van der Waals surface area (Å²) in [6, 6.07) is 22.7. The van der Waals surface area contributed by atoms with Gasteiger partial charge in [-0.1, -0.05) is 96.8 Å². The Morgan fingerprint density at radius 2 is 1.81 bits per heavy atom. The zero-order valence-corrected chi connectivity index (χ0v) is 27.4. The molecule has 1 aromatic heterocycles. The Balaban J connectivity index is 1.18. The zero-order valence-electron chi connectivity index (χ0n) is 25.8. The predicted molar refractivity (Wildman–Crippen MR) is 175 cm³/mol. The number of rotatable bonds is 10. The second kappa shape index (κ2) is 14.7. The van der Waals surface area contributed by atoms with E-state index >= 15 is 0 Å². The van der Waals surface area contributed by atoms with Gasteiger partial charge >= 0.3 is 6.09 Å². The topological polar surface area (TPSA) is 140 Å². The third-order valence-electron chi connectivity index (χ3n) is 8.05. The average molecular weight is 675 g/mol. The van der Waals surface area contributed by atoms with E-state index in [-0.39, 0.29) is 37.8 Å². The number of anilines is 1. The second-order valence-corrected chi connectivity index (χ2v) is 13.8. The van der Waals surface area contributed by atoms with Crippen LogP contribution in [0.25, 0.3) is 0 Å². The molecule has 2 fully saturated rings. The molecule has 0 aliphatic carbocycles. The van der Waals surface area contributed by atoms with Crippen LogP contribution in [-0.4, -0.2) is 51.1 Å². The van der Waals surface area contributed by atoms with Crippen molar-refractivity contribution in [2.45, 2.75) is 62.4 Å². The van der Waals surface area contributed by atoms with Gasteiger partial charge < -0.3 is 24.6 Å². The molecule has 2 N–H and O–H groups in total. The van der Waals surface area contributed by atoms with Crippen LogP contribution in [0, 0.1) is 12.8 Å². The van der Waals surface area contributed by atoms with Gasteiger partial charge in [0.1, 0.15) is 17.7 Å². The number of ether oxygens (including phenoxy) is 3. The number of carbonyl (C=O) groups is 3. The summed E-state index contributed by atoms with van der Waals surface area (Å²) in [5, 5.41) is 21.3. The molecule has 6 rings (SSSR count). The first-order chi connectivity index (χ1) is 22.8. The lowest BCUT2D eigenvalue weighted by Gasteiger charge is -2.41. The van der Waals surface area contributed by atoms with Crippen LogP contribution < -0.4 is 10.2 Å². The molecule has 5 atom stereocenters. The molecule has 0 radical (unpaired) electrons. The van der Waals surface area contributed by atoms with Crippen molar-refractivity contribution in [3.05, 3.63) is 106 Å². The van der Waals surface area contributed by atoms with Crippen molar-refractivity contribution >= 4 is 46.7 Å². The summed E-state index contributed by atoms with van der Waals surface area (Å²) in [6.45, 7) is 3.98. The van der Waals surface area contributed by atoms with Crippen LogP contribution in [0.5, 0.6) is 0 Å². The predicted octanol–water partition coefficient (Wildman–Crippen LogP) is 5.48. The Kier molecular flexibility index (Phi) is 10.3. The first-order valence-electron chi connectivity index (χ1n) is 15.2. The lowest BCUT2D eigenvalue weighted by Crippen LogP contribution is -2.42. The number of thioether (sulfide) groups is 1. The number of aromatic nitrogens is 2. The van der Waals surface area contributed by atoms with Gasteiger partial charge in [0.2, 0.25) is 5.91 Å². The van der Waals surface area contributed by atoms with Crippen LogP contribution in [0.15, 0.2) is 83.2 Å². The van der Waals surface area contributed by atoms with Crippen molar-refractivity contribution in [2.24, 2.45) is 5.92 Å². The first kappa shape index (κ1) is 32.8. The number of nitrogens with zero attached hydrogens (tertiary/aromatic N) is 3. The molecule has 0 saturated carbocycles. The van der Waals surface area contributed by atoms with Gasteiger partial charge in [-0.15, -0.1) is 10.2 Å². The van der Waals surface area contributed by atoms with Crippen molar-refractivity contribution < 1.29 is 33.7 Å². The molecule has 13 heteroatoms. The van der Waals surface area contributed by atoms with Crippen LogP contribution in [0.3, 0.4) is 0 Å². The van der Waals surface area contributed by atoms with Gasteiger partial charge in [-0.3, -0.25) is 9.59 Å². The average Bonchev–Trinajstić information content (AvgIpc) is 3.64. The molecule has 11 nitrogen and oxygen atoms in total. The zero-order chi connectivity index (χ0) is 32.9. The molecule has 244 valence electrons. The normalized spacial score (nSPS) is 22.8. The minimum absolute atomic E-state index is 0.0360. The van der Waals surface area contributed by atoms with Gasteiger partial charge in [-0.25, -0.2) is 9.69 Å². The fourth-order valence-corrected chi connectivity index (χ4v) is 7.54. The highest BCUT2D eigenvalue weighted by Gasteiger charge is 2.42. The fourth-order valence-electron chi connectivity index (χ4n) is 5.53. The van der Waals surface area contributed by atoms with Gasteiger partial charge in [0, 0.05) is 17.2 Å². The maximum Gasteiger partial charge on any atom is 0.408 e. The molecule has 2 aliphatic heterocycles. The molecule has 3 heterocycles. The third-order valence-corrected chi connectivity index (χ3v) is 10.1. The maximum atomic E-state index is 13.4. The lowest BCUT2D eigenvalue weighted by molar-refractivity contribution is -0.268. The number of nitrogens with one attached hydrogen (secondary N) is 1. The number of carbonyl (C=O) groups excluding carboxylic acids is 3. The molecule has 3 amide bonds. The van der Waals surface area contributed by atoms with E-state index in [4.69, 9.17) is 14.2 Å². The molecule has 4 aromatic rings. The summed E-state index contributed by atoms with van der Waals surface area (Å²) in [4.78, 5) is 40.0. The van der Waals surface area contributed by atoms with Crippen molar-refractivity contribution in [2.75, 3.05) is 10.7 Å². The van der Waals surface area contributed by atoms with E-state index in [0.717, 1.165) is 30.9 Å². The summed E-state index contributed by atoms with van der Waals surface area (Å²) >= 11 is 3.10. The van der Waals surface area contributed by atoms with E-state index in [0.29, 0.717) is 17.0 Å². The van der Waals surface area contributed by atoms with Crippen LogP contribution in [0.2, 0.25) is 0 Å².